The van der Waals surface area contributed by atoms with Crippen molar-refractivity contribution in [3.05, 3.63) is 23.3 Å². The quantitative estimate of drug-likeness (QED) is 0.209. The summed E-state index contributed by atoms with van der Waals surface area (Å²) in [5.74, 6) is 0.913. The smallest absolute Gasteiger partial charge is 0.153 e. The molecule has 4 nitrogen and oxygen atoms in total. The average Bonchev–Trinajstić information content (AvgIpc) is 2.74. The fourth-order valence-corrected chi connectivity index (χ4v) is 2.27. The van der Waals surface area contributed by atoms with Crippen LogP contribution in [0.1, 0.15) is 93.4 Å². The van der Waals surface area contributed by atoms with Crippen molar-refractivity contribution in [1.82, 2.24) is 0 Å². The van der Waals surface area contributed by atoms with Crippen LogP contribution in [0, 0.1) is 0 Å². The number of carbonyl (C=O) groups is 2. The molecule has 5 heteroatoms. The molecule has 1 rings (SSSR count). The summed E-state index contributed by atoms with van der Waals surface area (Å²) >= 11 is 4.64. The van der Waals surface area contributed by atoms with Crippen LogP contribution in [0.15, 0.2) is 12.1 Å². The Labute approximate surface area is 170 Å². The number of carbonyl (C=O) groups excluding carboxylic acids is 2. The molecule has 0 radical (unpaired) electrons. The van der Waals surface area contributed by atoms with Gasteiger partial charge in [-0.1, -0.05) is 59.8 Å². The molecule has 0 N–H and O–H groups in total. The normalized spacial score (nSPS) is 9.26. The third kappa shape index (κ3) is 12.5. The minimum Gasteiger partial charge on any atom is -0.493 e. The van der Waals surface area contributed by atoms with Gasteiger partial charge in [0.25, 0.3) is 0 Å². The van der Waals surface area contributed by atoms with Gasteiger partial charge in [0, 0.05) is 6.38 Å². The Hall–Kier alpha value is -1.55. The number of unbranched alkanes of at least 4 members (excludes halogenated alkanes) is 5. The summed E-state index contributed by atoms with van der Waals surface area (Å²) in [5.41, 5.74) is 0.854. The second-order valence-electron chi connectivity index (χ2n) is 5.63. The molecule has 0 aliphatic heterocycles. The zero-order valence-electron chi connectivity index (χ0n) is 17.7. The zero-order chi connectivity index (χ0) is 20.9. The van der Waals surface area contributed by atoms with Gasteiger partial charge in [0.1, 0.15) is 11.5 Å². The summed E-state index contributed by atoms with van der Waals surface area (Å²) in [4.78, 5) is 22.5. The topological polar surface area (TPSA) is 52.6 Å². The van der Waals surface area contributed by atoms with Crippen molar-refractivity contribution in [2.75, 3.05) is 19.6 Å². The average molecular weight is 401 g/mol. The number of hydrogen-bond acceptors (Lipinski definition) is 4. The van der Waals surface area contributed by atoms with Gasteiger partial charge in [-0.05, 0) is 25.0 Å². The minimum absolute atomic E-state index is 0.427. The van der Waals surface area contributed by atoms with Gasteiger partial charge in [0.15, 0.2) is 12.6 Å². The number of hydrogen-bond donors (Lipinski definition) is 0. The Morgan fingerprint density at radius 1 is 0.741 bits per heavy atom. The summed E-state index contributed by atoms with van der Waals surface area (Å²) < 4.78 is 11.3. The van der Waals surface area contributed by atoms with Crippen LogP contribution in [0.25, 0.3) is 0 Å². The molecular formula is C22H37ClO4. The number of aldehydes is 2. The van der Waals surface area contributed by atoms with Crippen molar-refractivity contribution in [2.24, 2.45) is 0 Å². The lowest BCUT2D eigenvalue weighted by Gasteiger charge is -2.13. The molecule has 156 valence electrons. The molecular weight excluding hydrogens is 364 g/mol. The molecule has 0 spiro atoms. The van der Waals surface area contributed by atoms with E-state index in [4.69, 9.17) is 9.47 Å². The predicted octanol–water partition coefficient (Wildman–Crippen LogP) is 6.72. The van der Waals surface area contributed by atoms with Gasteiger partial charge < -0.3 is 9.47 Å². The van der Waals surface area contributed by atoms with Crippen molar-refractivity contribution < 1.29 is 19.1 Å². The second-order valence-corrected chi connectivity index (χ2v) is 5.63. The lowest BCUT2D eigenvalue weighted by Crippen LogP contribution is -2.04. The summed E-state index contributed by atoms with van der Waals surface area (Å²) in [6.45, 7) is 9.37. The number of benzene rings is 1. The van der Waals surface area contributed by atoms with E-state index in [2.05, 4.69) is 25.4 Å². The molecule has 0 unspecified atom stereocenters. The Morgan fingerprint density at radius 3 is 1.48 bits per heavy atom. The molecule has 0 fully saturated rings. The van der Waals surface area contributed by atoms with E-state index >= 15 is 0 Å². The number of rotatable bonds is 13. The first-order chi connectivity index (χ1) is 13.3. The molecule has 1 aromatic carbocycles. The molecule has 0 bridgehead atoms. The molecule has 0 aliphatic rings. The molecule has 0 heterocycles. The number of ether oxygens (including phenoxy) is 2. The van der Waals surface area contributed by atoms with E-state index in [1.54, 1.807) is 12.1 Å². The zero-order valence-corrected chi connectivity index (χ0v) is 18.4. The number of alkyl halides is 1. The van der Waals surface area contributed by atoms with Gasteiger partial charge in [-0.15, -0.1) is 11.6 Å². The second kappa shape index (κ2) is 20.8. The van der Waals surface area contributed by atoms with Crippen molar-refractivity contribution in [1.29, 1.82) is 0 Å². The maximum Gasteiger partial charge on any atom is 0.153 e. The Morgan fingerprint density at radius 2 is 1.11 bits per heavy atom. The van der Waals surface area contributed by atoms with E-state index < -0.39 is 0 Å². The van der Waals surface area contributed by atoms with Gasteiger partial charge in [0.2, 0.25) is 0 Å². The van der Waals surface area contributed by atoms with Gasteiger partial charge in [0.05, 0.1) is 24.3 Å². The molecule has 27 heavy (non-hydrogen) atoms. The van der Waals surface area contributed by atoms with E-state index in [9.17, 15) is 9.59 Å². The van der Waals surface area contributed by atoms with Crippen LogP contribution in [0.5, 0.6) is 11.5 Å². The highest BCUT2D eigenvalue weighted by molar-refractivity contribution is 6.15. The lowest BCUT2D eigenvalue weighted by atomic mass is 10.1. The molecule has 0 atom stereocenters. The third-order valence-electron chi connectivity index (χ3n) is 3.66. The molecule has 0 aliphatic carbocycles. The molecule has 1 aromatic rings. The van der Waals surface area contributed by atoms with E-state index in [-0.39, 0.29) is 0 Å². The predicted molar refractivity (Wildman–Crippen MR) is 115 cm³/mol. The van der Waals surface area contributed by atoms with Crippen LogP contribution >= 0.6 is 11.6 Å². The largest absolute Gasteiger partial charge is 0.493 e. The minimum atomic E-state index is 0.427. The maximum absolute atomic E-state index is 11.3. The van der Waals surface area contributed by atoms with Crippen molar-refractivity contribution in [2.45, 2.75) is 72.6 Å². The first kappa shape index (κ1) is 27.7. The van der Waals surface area contributed by atoms with Crippen LogP contribution < -0.4 is 9.47 Å². The Balaban J connectivity index is 0. The molecule has 0 aromatic heterocycles. The standard InChI is InChI=1S/C19H28O4.C2H6.CH3Cl/c1-3-5-7-9-11-23-19-13-16(14-20)18(12-17(19)15-21)22-10-8-6-4-2;2*1-2/h12-15H,3-11H2,1-2H3;1-2H3;1H3. The third-order valence-corrected chi connectivity index (χ3v) is 3.66. The van der Waals surface area contributed by atoms with Crippen LogP contribution in [0.3, 0.4) is 0 Å². The monoisotopic (exact) mass is 400 g/mol. The first-order valence-electron chi connectivity index (χ1n) is 9.98. The van der Waals surface area contributed by atoms with Crippen LogP contribution in [0.4, 0.5) is 0 Å². The maximum atomic E-state index is 11.3. The summed E-state index contributed by atoms with van der Waals surface area (Å²) in [5, 5.41) is 0. The van der Waals surface area contributed by atoms with E-state index in [1.807, 2.05) is 13.8 Å². The van der Waals surface area contributed by atoms with Crippen LogP contribution in [-0.2, 0) is 0 Å². The van der Waals surface area contributed by atoms with Crippen LogP contribution in [-0.4, -0.2) is 32.2 Å². The van der Waals surface area contributed by atoms with Crippen LogP contribution in [0.2, 0.25) is 0 Å². The molecule has 0 saturated heterocycles. The first-order valence-corrected chi connectivity index (χ1v) is 10.7. The number of halogens is 1. The van der Waals surface area contributed by atoms with Gasteiger partial charge in [-0.25, -0.2) is 0 Å². The highest BCUT2D eigenvalue weighted by Gasteiger charge is 2.11. The summed E-state index contributed by atoms with van der Waals surface area (Å²) in [6, 6.07) is 3.20. The van der Waals surface area contributed by atoms with Gasteiger partial charge >= 0.3 is 0 Å². The van der Waals surface area contributed by atoms with E-state index in [0.717, 1.165) is 44.7 Å². The van der Waals surface area contributed by atoms with E-state index in [1.165, 1.54) is 19.2 Å². The van der Waals surface area contributed by atoms with Gasteiger partial charge in [-0.3, -0.25) is 9.59 Å². The fraction of sp³-hybridized carbons (Fsp3) is 0.636. The van der Waals surface area contributed by atoms with E-state index in [0.29, 0.717) is 35.8 Å². The van der Waals surface area contributed by atoms with Gasteiger partial charge in [-0.2, -0.15) is 0 Å². The SMILES string of the molecule is CC.CCCCCCOc1cc(C=O)c(OCCCCC)cc1C=O.CCl. The van der Waals surface area contributed by atoms with Crippen molar-refractivity contribution >= 4 is 24.2 Å². The Bertz CT molecular complexity index is 489. The Kier molecular flexibility index (Phi) is 21.3. The molecule has 0 amide bonds. The molecule has 0 saturated carbocycles. The van der Waals surface area contributed by atoms with Crippen molar-refractivity contribution in [3.63, 3.8) is 0 Å². The lowest BCUT2D eigenvalue weighted by molar-refractivity contribution is 0.110. The summed E-state index contributed by atoms with van der Waals surface area (Å²) in [6.07, 6.45) is 10.5. The highest BCUT2D eigenvalue weighted by atomic mass is 35.5. The highest BCUT2D eigenvalue weighted by Crippen LogP contribution is 2.27. The summed E-state index contributed by atoms with van der Waals surface area (Å²) in [7, 11) is 0. The van der Waals surface area contributed by atoms with Crippen molar-refractivity contribution in [3.8, 4) is 11.5 Å². The fourth-order valence-electron chi connectivity index (χ4n) is 2.27.